The molecule has 2 fully saturated rings. The number of ether oxygens (including phenoxy) is 1. The minimum atomic E-state index is -1.07. The fraction of sp³-hybridized carbons (Fsp3) is 0.588. The lowest BCUT2D eigenvalue weighted by Gasteiger charge is -2.25. The van der Waals surface area contributed by atoms with E-state index in [1.165, 1.54) is 4.90 Å². The molecule has 0 aliphatic carbocycles. The zero-order chi connectivity index (χ0) is 17.6. The summed E-state index contributed by atoms with van der Waals surface area (Å²) in [5, 5.41) is 3.86. The van der Waals surface area contributed by atoms with Crippen LogP contribution >= 0.6 is 11.3 Å². The largest absolute Gasteiger partial charge is 0.461 e. The van der Waals surface area contributed by atoms with E-state index in [9.17, 15) is 14.4 Å². The maximum absolute atomic E-state index is 12.9. The van der Waals surface area contributed by atoms with E-state index in [-0.39, 0.29) is 24.5 Å². The lowest BCUT2D eigenvalue weighted by atomic mass is 9.81. The minimum Gasteiger partial charge on any atom is -0.461 e. The minimum absolute atomic E-state index is 0.172. The molecular formula is C17H23N2O4S+. The van der Waals surface area contributed by atoms with Gasteiger partial charge in [-0.2, -0.15) is 0 Å². The highest BCUT2D eigenvalue weighted by Gasteiger charge is 2.70. The highest BCUT2D eigenvalue weighted by atomic mass is 32.1. The second-order valence-corrected chi connectivity index (χ2v) is 7.54. The molecule has 3 heterocycles. The standard InChI is InChI=1S/C17H22N2O4S/c1-5-19-14(20)10-11(15(19)21)17(4,16(22)23-6-2)18-12(10)13-9(3)7-8-24-13/h7-8,10-12,18H,5-6H2,1-4H3/p+1/t10-,11+,12+,17+/m0/s1. The van der Waals surface area contributed by atoms with Gasteiger partial charge in [0, 0.05) is 13.5 Å². The van der Waals surface area contributed by atoms with Crippen LogP contribution in [0.2, 0.25) is 0 Å². The summed E-state index contributed by atoms with van der Waals surface area (Å²) in [7, 11) is 0. The van der Waals surface area contributed by atoms with Gasteiger partial charge in [0.25, 0.3) is 0 Å². The number of carbonyl (C=O) groups is 3. The highest BCUT2D eigenvalue weighted by Crippen LogP contribution is 2.45. The summed E-state index contributed by atoms with van der Waals surface area (Å²) in [5.74, 6) is -2.03. The number of aryl methyl sites for hydroxylation is 1. The topological polar surface area (TPSA) is 80.3 Å². The van der Waals surface area contributed by atoms with Crippen molar-refractivity contribution < 1.29 is 24.4 Å². The molecule has 24 heavy (non-hydrogen) atoms. The number of nitrogens with zero attached hydrogens (tertiary/aromatic N) is 1. The SMILES string of the molecule is CCOC(=O)[C@]1(C)[NH2+][C@@H](c2sccc2C)[C@H]2C(=O)N(CC)C(=O)[C@@H]21. The van der Waals surface area contributed by atoms with Crippen molar-refractivity contribution in [2.24, 2.45) is 11.8 Å². The van der Waals surface area contributed by atoms with E-state index in [0.29, 0.717) is 6.54 Å². The van der Waals surface area contributed by atoms with E-state index in [2.05, 4.69) is 0 Å². The summed E-state index contributed by atoms with van der Waals surface area (Å²) in [6.45, 7) is 7.84. The van der Waals surface area contributed by atoms with Crippen LogP contribution in [0.25, 0.3) is 0 Å². The van der Waals surface area contributed by atoms with Gasteiger partial charge in [-0.15, -0.1) is 11.3 Å². The maximum Gasteiger partial charge on any atom is 0.368 e. The monoisotopic (exact) mass is 351 g/mol. The Morgan fingerprint density at radius 3 is 2.62 bits per heavy atom. The van der Waals surface area contributed by atoms with Gasteiger partial charge in [0.05, 0.1) is 11.5 Å². The molecule has 1 aromatic heterocycles. The Kier molecular flexibility index (Phi) is 4.25. The van der Waals surface area contributed by atoms with Crippen LogP contribution in [0.3, 0.4) is 0 Å². The Bertz CT molecular complexity index is 701. The third-order valence-corrected chi connectivity index (χ3v) is 6.36. The normalized spacial score (nSPS) is 32.3. The predicted octanol–water partition coefficient (Wildman–Crippen LogP) is 0.618. The number of rotatable bonds is 4. The smallest absolute Gasteiger partial charge is 0.368 e. The summed E-state index contributed by atoms with van der Waals surface area (Å²) in [4.78, 5) is 40.6. The van der Waals surface area contributed by atoms with Gasteiger partial charge < -0.3 is 10.1 Å². The molecule has 0 aromatic carbocycles. The first-order valence-corrected chi connectivity index (χ1v) is 9.17. The van der Waals surface area contributed by atoms with Crippen molar-refractivity contribution in [3.63, 3.8) is 0 Å². The molecule has 2 aliphatic rings. The Morgan fingerprint density at radius 1 is 1.38 bits per heavy atom. The zero-order valence-corrected chi connectivity index (χ0v) is 15.2. The molecule has 6 nitrogen and oxygen atoms in total. The Hall–Kier alpha value is -1.73. The van der Waals surface area contributed by atoms with Gasteiger partial charge in [-0.3, -0.25) is 14.5 Å². The van der Waals surface area contributed by atoms with E-state index in [0.717, 1.165) is 10.4 Å². The van der Waals surface area contributed by atoms with Gasteiger partial charge >= 0.3 is 5.97 Å². The summed E-state index contributed by atoms with van der Waals surface area (Å²) in [5.41, 5.74) is 0.0154. The summed E-state index contributed by atoms with van der Waals surface area (Å²) >= 11 is 1.57. The Morgan fingerprint density at radius 2 is 2.08 bits per heavy atom. The summed E-state index contributed by atoms with van der Waals surface area (Å²) in [6, 6.07) is 1.78. The van der Waals surface area contributed by atoms with Gasteiger partial charge in [0.15, 0.2) is 0 Å². The van der Waals surface area contributed by atoms with E-state index in [1.54, 1.807) is 32.1 Å². The van der Waals surface area contributed by atoms with E-state index < -0.39 is 23.3 Å². The molecular weight excluding hydrogens is 328 g/mol. The van der Waals surface area contributed by atoms with Gasteiger partial charge in [-0.1, -0.05) is 0 Å². The van der Waals surface area contributed by atoms with Crippen LogP contribution in [-0.4, -0.2) is 41.4 Å². The number of quaternary nitrogens is 1. The quantitative estimate of drug-likeness (QED) is 0.637. The average molecular weight is 351 g/mol. The van der Waals surface area contributed by atoms with E-state index in [1.807, 2.05) is 23.7 Å². The number of fused-ring (bicyclic) bond motifs is 1. The van der Waals surface area contributed by atoms with E-state index in [4.69, 9.17) is 4.74 Å². The molecule has 2 N–H and O–H groups in total. The molecule has 4 atom stereocenters. The highest BCUT2D eigenvalue weighted by molar-refractivity contribution is 7.10. The van der Waals surface area contributed by atoms with Crippen LogP contribution in [0.15, 0.2) is 11.4 Å². The van der Waals surface area contributed by atoms with E-state index >= 15 is 0 Å². The molecule has 2 aliphatic heterocycles. The van der Waals surface area contributed by atoms with Gasteiger partial charge in [-0.05, 0) is 37.8 Å². The van der Waals surface area contributed by atoms with Gasteiger partial charge in [0.1, 0.15) is 17.9 Å². The van der Waals surface area contributed by atoms with Crippen molar-refractivity contribution >= 4 is 29.1 Å². The molecule has 1 aromatic rings. The summed E-state index contributed by atoms with van der Waals surface area (Å²) in [6.07, 6.45) is 0. The molecule has 0 saturated carbocycles. The molecule has 130 valence electrons. The number of esters is 1. The fourth-order valence-electron chi connectivity index (χ4n) is 4.08. The average Bonchev–Trinajstić information content (AvgIpc) is 3.16. The maximum atomic E-state index is 12.9. The van der Waals surface area contributed by atoms with Crippen molar-refractivity contribution in [1.82, 2.24) is 4.90 Å². The molecule has 0 unspecified atom stereocenters. The zero-order valence-electron chi connectivity index (χ0n) is 14.4. The van der Waals surface area contributed by atoms with Crippen LogP contribution < -0.4 is 5.32 Å². The third kappa shape index (κ3) is 2.22. The first-order chi connectivity index (χ1) is 11.4. The lowest BCUT2D eigenvalue weighted by Crippen LogP contribution is -2.97. The van der Waals surface area contributed by atoms with Crippen LogP contribution in [0.4, 0.5) is 0 Å². The Labute approximate surface area is 145 Å². The fourth-order valence-corrected chi connectivity index (χ4v) is 5.13. The van der Waals surface area contributed by atoms with Crippen molar-refractivity contribution in [3.05, 3.63) is 21.9 Å². The van der Waals surface area contributed by atoms with Crippen molar-refractivity contribution in [2.45, 2.75) is 39.3 Å². The number of amides is 2. The van der Waals surface area contributed by atoms with Crippen LogP contribution in [0.5, 0.6) is 0 Å². The first-order valence-electron chi connectivity index (χ1n) is 8.29. The molecule has 0 radical (unpaired) electrons. The second kappa shape index (κ2) is 5.97. The first kappa shape index (κ1) is 17.1. The number of imide groups is 1. The van der Waals surface area contributed by atoms with Crippen molar-refractivity contribution in [3.8, 4) is 0 Å². The van der Waals surface area contributed by atoms with Crippen LogP contribution in [0.1, 0.15) is 37.3 Å². The number of likely N-dealkylation sites (tertiary alicyclic amines) is 1. The van der Waals surface area contributed by atoms with Crippen molar-refractivity contribution in [2.75, 3.05) is 13.2 Å². The van der Waals surface area contributed by atoms with Crippen molar-refractivity contribution in [1.29, 1.82) is 0 Å². The summed E-state index contributed by atoms with van der Waals surface area (Å²) < 4.78 is 5.24. The van der Waals surface area contributed by atoms with Gasteiger partial charge in [-0.25, -0.2) is 4.79 Å². The molecule has 0 bridgehead atoms. The number of hydrogen-bond donors (Lipinski definition) is 1. The molecule has 2 saturated heterocycles. The lowest BCUT2D eigenvalue weighted by molar-refractivity contribution is -0.730. The van der Waals surface area contributed by atoms with Crippen LogP contribution in [-0.2, 0) is 19.1 Å². The van der Waals surface area contributed by atoms with Gasteiger partial charge in [0.2, 0.25) is 17.4 Å². The number of carbonyl (C=O) groups excluding carboxylic acids is 3. The predicted molar refractivity (Wildman–Crippen MR) is 88.1 cm³/mol. The molecule has 0 spiro atoms. The second-order valence-electron chi connectivity index (χ2n) is 6.59. The molecule has 2 amide bonds. The third-order valence-electron chi connectivity index (χ3n) is 5.24. The molecule has 3 rings (SSSR count). The molecule has 7 heteroatoms. The van der Waals surface area contributed by atoms with Crippen LogP contribution in [0, 0.1) is 18.8 Å². The number of thiophene rings is 1. The number of nitrogens with two attached hydrogens (primary N) is 1. The number of hydrogen-bond acceptors (Lipinski definition) is 5. The Balaban J connectivity index is 2.09.